The van der Waals surface area contributed by atoms with Gasteiger partial charge in [0.05, 0.1) is 0 Å². The van der Waals surface area contributed by atoms with Crippen molar-refractivity contribution in [2.75, 3.05) is 5.32 Å². The predicted octanol–water partition coefficient (Wildman–Crippen LogP) is 3.61. The van der Waals surface area contributed by atoms with Gasteiger partial charge in [-0.05, 0) is 29.8 Å². The number of anilines is 1. The second-order valence-corrected chi connectivity index (χ2v) is 3.66. The fourth-order valence-corrected chi connectivity index (χ4v) is 1.58. The highest BCUT2D eigenvalue weighted by molar-refractivity contribution is 5.47. The molecule has 0 fully saturated rings. The van der Waals surface area contributed by atoms with Crippen LogP contribution in [0.15, 0.2) is 54.6 Å². The van der Waals surface area contributed by atoms with Gasteiger partial charge >= 0.3 is 0 Å². The molecule has 0 bridgehead atoms. The van der Waals surface area contributed by atoms with Crippen LogP contribution in [-0.4, -0.2) is 0 Å². The molecule has 0 aliphatic rings. The van der Waals surface area contributed by atoms with E-state index >= 15 is 0 Å². The molecule has 84 valence electrons. The van der Waals surface area contributed by atoms with E-state index in [1.54, 1.807) is 12.1 Å². The molecule has 2 aromatic rings. The number of hydrogen-bond donors (Lipinski definition) is 1. The van der Waals surface area contributed by atoms with E-state index in [1.807, 2.05) is 30.3 Å². The third-order valence-electron chi connectivity index (χ3n) is 2.45. The summed E-state index contributed by atoms with van der Waals surface area (Å²) < 4.78 is 12.8. The van der Waals surface area contributed by atoms with Crippen LogP contribution in [0, 0.1) is 18.2 Å². The quantitative estimate of drug-likeness (QED) is 0.787. The average Bonchev–Trinajstić information content (AvgIpc) is 2.39. The van der Waals surface area contributed by atoms with Crippen LogP contribution >= 0.6 is 0 Å². The van der Waals surface area contributed by atoms with Crippen molar-refractivity contribution in [1.29, 1.82) is 0 Å². The molecule has 0 aromatic heterocycles. The monoisotopic (exact) mass is 225 g/mol. The van der Waals surface area contributed by atoms with Crippen LogP contribution in [0.5, 0.6) is 0 Å². The molecule has 1 nitrogen and oxygen atoms in total. The SMILES string of the molecule is C#CC(Nc1ccc(F)cc1)c1ccccc1. The van der Waals surface area contributed by atoms with Gasteiger partial charge in [-0.2, -0.15) is 0 Å². The summed E-state index contributed by atoms with van der Waals surface area (Å²) in [6, 6.07) is 15.7. The molecule has 0 amide bonds. The van der Waals surface area contributed by atoms with Gasteiger partial charge in [0.25, 0.3) is 0 Å². The molecule has 17 heavy (non-hydrogen) atoms. The van der Waals surface area contributed by atoms with E-state index in [2.05, 4.69) is 11.2 Å². The Kier molecular flexibility index (Phi) is 3.42. The van der Waals surface area contributed by atoms with E-state index in [-0.39, 0.29) is 11.9 Å². The largest absolute Gasteiger partial charge is 0.368 e. The third kappa shape index (κ3) is 2.85. The van der Waals surface area contributed by atoms with Crippen LogP contribution in [0.3, 0.4) is 0 Å². The van der Waals surface area contributed by atoms with E-state index in [9.17, 15) is 4.39 Å². The lowest BCUT2D eigenvalue weighted by Gasteiger charge is -2.14. The van der Waals surface area contributed by atoms with Crippen molar-refractivity contribution in [2.45, 2.75) is 6.04 Å². The molecule has 2 rings (SSSR count). The fraction of sp³-hybridized carbons (Fsp3) is 0.0667. The molecule has 0 radical (unpaired) electrons. The zero-order valence-electron chi connectivity index (χ0n) is 9.23. The smallest absolute Gasteiger partial charge is 0.123 e. The maximum Gasteiger partial charge on any atom is 0.123 e. The second-order valence-electron chi connectivity index (χ2n) is 3.66. The Morgan fingerprint density at radius 3 is 2.24 bits per heavy atom. The third-order valence-corrected chi connectivity index (χ3v) is 2.45. The number of rotatable bonds is 3. The fourth-order valence-electron chi connectivity index (χ4n) is 1.58. The summed E-state index contributed by atoms with van der Waals surface area (Å²) in [7, 11) is 0. The molecule has 1 N–H and O–H groups in total. The van der Waals surface area contributed by atoms with Gasteiger partial charge in [0.2, 0.25) is 0 Å². The number of halogens is 1. The summed E-state index contributed by atoms with van der Waals surface area (Å²) in [5, 5.41) is 3.17. The van der Waals surface area contributed by atoms with Gasteiger partial charge in [0.15, 0.2) is 0 Å². The maximum absolute atomic E-state index is 12.8. The van der Waals surface area contributed by atoms with Gasteiger partial charge in [-0.25, -0.2) is 4.39 Å². The molecule has 0 heterocycles. The summed E-state index contributed by atoms with van der Waals surface area (Å²) in [4.78, 5) is 0. The highest BCUT2D eigenvalue weighted by atomic mass is 19.1. The molecule has 2 heteroatoms. The Hall–Kier alpha value is -2.27. The van der Waals surface area contributed by atoms with E-state index in [1.165, 1.54) is 12.1 Å². The molecule has 0 aliphatic carbocycles. The molecule has 1 atom stereocenters. The Labute approximate surface area is 100 Å². The zero-order chi connectivity index (χ0) is 12.1. The average molecular weight is 225 g/mol. The molecular formula is C15H12FN. The van der Waals surface area contributed by atoms with Gasteiger partial charge < -0.3 is 5.32 Å². The predicted molar refractivity (Wildman–Crippen MR) is 68.0 cm³/mol. The summed E-state index contributed by atoms with van der Waals surface area (Å²) in [6.45, 7) is 0. The maximum atomic E-state index is 12.8. The lowest BCUT2D eigenvalue weighted by atomic mass is 10.1. The van der Waals surface area contributed by atoms with Gasteiger partial charge in [0.1, 0.15) is 11.9 Å². The van der Waals surface area contributed by atoms with Crippen LogP contribution in [-0.2, 0) is 0 Å². The zero-order valence-corrected chi connectivity index (χ0v) is 9.23. The lowest BCUT2D eigenvalue weighted by Crippen LogP contribution is -2.08. The normalized spacial score (nSPS) is 11.5. The van der Waals surface area contributed by atoms with Crippen molar-refractivity contribution in [1.82, 2.24) is 0 Å². The number of terminal acetylenes is 1. The molecule has 0 aliphatic heterocycles. The minimum absolute atomic E-state index is 0.207. The van der Waals surface area contributed by atoms with E-state index < -0.39 is 0 Å². The van der Waals surface area contributed by atoms with Gasteiger partial charge in [0, 0.05) is 5.69 Å². The Balaban J connectivity index is 2.17. The molecule has 0 spiro atoms. The van der Waals surface area contributed by atoms with Gasteiger partial charge in [-0.1, -0.05) is 36.3 Å². The van der Waals surface area contributed by atoms with E-state index in [0.29, 0.717) is 0 Å². The first-order valence-electron chi connectivity index (χ1n) is 5.33. The van der Waals surface area contributed by atoms with Crippen molar-refractivity contribution in [3.63, 3.8) is 0 Å². The second kappa shape index (κ2) is 5.18. The minimum Gasteiger partial charge on any atom is -0.368 e. The number of nitrogens with one attached hydrogen (secondary N) is 1. The first-order valence-corrected chi connectivity index (χ1v) is 5.33. The first kappa shape index (κ1) is 11.2. The van der Waals surface area contributed by atoms with Crippen LogP contribution in [0.2, 0.25) is 0 Å². The summed E-state index contributed by atoms with van der Waals surface area (Å²) in [5.74, 6) is 2.42. The summed E-state index contributed by atoms with van der Waals surface area (Å²) in [5.41, 5.74) is 1.82. The van der Waals surface area contributed by atoms with Crippen molar-refractivity contribution >= 4 is 5.69 Å². The summed E-state index contributed by atoms with van der Waals surface area (Å²) in [6.07, 6.45) is 5.50. The number of hydrogen-bond acceptors (Lipinski definition) is 1. The van der Waals surface area contributed by atoms with Crippen LogP contribution in [0.4, 0.5) is 10.1 Å². The van der Waals surface area contributed by atoms with Crippen molar-refractivity contribution < 1.29 is 4.39 Å². The van der Waals surface area contributed by atoms with Crippen LogP contribution in [0.1, 0.15) is 11.6 Å². The van der Waals surface area contributed by atoms with Crippen LogP contribution < -0.4 is 5.32 Å². The minimum atomic E-state index is -0.257. The van der Waals surface area contributed by atoms with E-state index in [0.717, 1.165) is 11.3 Å². The Morgan fingerprint density at radius 2 is 1.65 bits per heavy atom. The number of benzene rings is 2. The highest BCUT2D eigenvalue weighted by Crippen LogP contribution is 2.18. The molecule has 1 unspecified atom stereocenters. The highest BCUT2D eigenvalue weighted by Gasteiger charge is 2.06. The van der Waals surface area contributed by atoms with Gasteiger partial charge in [-0.15, -0.1) is 6.42 Å². The van der Waals surface area contributed by atoms with Crippen molar-refractivity contribution in [3.05, 3.63) is 66.0 Å². The molecule has 0 saturated heterocycles. The Morgan fingerprint density at radius 1 is 1.00 bits per heavy atom. The first-order chi connectivity index (χ1) is 8.29. The molecule has 0 saturated carbocycles. The van der Waals surface area contributed by atoms with Gasteiger partial charge in [-0.3, -0.25) is 0 Å². The lowest BCUT2D eigenvalue weighted by molar-refractivity contribution is 0.628. The topological polar surface area (TPSA) is 12.0 Å². The van der Waals surface area contributed by atoms with Crippen molar-refractivity contribution in [3.8, 4) is 12.3 Å². The van der Waals surface area contributed by atoms with E-state index in [4.69, 9.17) is 6.42 Å². The standard InChI is InChI=1S/C15H12FN/c1-2-15(12-6-4-3-5-7-12)17-14-10-8-13(16)9-11-14/h1,3-11,15,17H. The Bertz CT molecular complexity index is 511. The molecule has 2 aromatic carbocycles. The van der Waals surface area contributed by atoms with Crippen LogP contribution in [0.25, 0.3) is 0 Å². The molecular weight excluding hydrogens is 213 g/mol. The van der Waals surface area contributed by atoms with Crippen molar-refractivity contribution in [2.24, 2.45) is 0 Å². The summed E-state index contributed by atoms with van der Waals surface area (Å²) >= 11 is 0.